The second-order valence-corrected chi connectivity index (χ2v) is 8.94. The molecule has 2 aromatic rings. The first-order valence-corrected chi connectivity index (χ1v) is 12.1. The normalized spacial score (nSPS) is 19.1. The number of methoxy groups -OCH3 is 1. The van der Waals surface area contributed by atoms with Crippen LogP contribution in [0.1, 0.15) is 5.56 Å². The molecule has 8 nitrogen and oxygen atoms in total. The van der Waals surface area contributed by atoms with Crippen LogP contribution < -0.4 is 14.8 Å². The Kier molecular flexibility index (Phi) is 7.64. The summed E-state index contributed by atoms with van der Waals surface area (Å²) in [6.07, 6.45) is 0. The van der Waals surface area contributed by atoms with E-state index in [1.165, 1.54) is 16.7 Å². The molecule has 2 heterocycles. The fourth-order valence-corrected chi connectivity index (χ4v) is 5.27. The lowest BCUT2D eigenvalue weighted by Gasteiger charge is -2.49. The maximum atomic E-state index is 12.9. The first-order chi connectivity index (χ1) is 16.5. The molecule has 2 amide bonds. The number of thioether (sulfide) groups is 1. The minimum absolute atomic E-state index is 0.0404. The molecule has 2 aliphatic rings. The molecule has 0 saturated carbocycles. The Morgan fingerprint density at radius 1 is 1.12 bits per heavy atom. The number of carbonyl (C=O) groups is 3. The lowest BCUT2D eigenvalue weighted by atomic mass is 10.0. The van der Waals surface area contributed by atoms with E-state index in [2.05, 4.69) is 5.32 Å². The van der Waals surface area contributed by atoms with E-state index in [4.69, 9.17) is 25.8 Å². The van der Waals surface area contributed by atoms with Crippen LogP contribution in [-0.2, 0) is 25.7 Å². The molecule has 2 aliphatic heterocycles. The zero-order chi connectivity index (χ0) is 24.1. The predicted octanol–water partition coefficient (Wildman–Crippen LogP) is 2.71. The summed E-state index contributed by atoms with van der Waals surface area (Å²) in [5.41, 5.74) is 1.55. The third-order valence-electron chi connectivity index (χ3n) is 5.36. The van der Waals surface area contributed by atoms with Crippen LogP contribution in [0, 0.1) is 0 Å². The summed E-state index contributed by atoms with van der Waals surface area (Å²) < 4.78 is 16.0. The molecule has 2 aromatic carbocycles. The summed E-state index contributed by atoms with van der Waals surface area (Å²) in [5, 5.41) is 2.29. The quantitative estimate of drug-likeness (QED) is 0.320. The Labute approximate surface area is 206 Å². The molecule has 0 bridgehead atoms. The number of amides is 2. The van der Waals surface area contributed by atoms with Crippen LogP contribution in [-0.4, -0.2) is 59.4 Å². The summed E-state index contributed by atoms with van der Waals surface area (Å²) in [6.45, 7) is -0.177. The number of hydrogen-bond donors (Lipinski definition) is 1. The number of carbonyl (C=O) groups excluding carboxylic acids is 3. The van der Waals surface area contributed by atoms with Gasteiger partial charge < -0.3 is 19.5 Å². The Morgan fingerprint density at radius 2 is 1.85 bits per heavy atom. The molecule has 0 spiro atoms. The molecule has 178 valence electrons. The molecule has 2 atom stereocenters. The van der Waals surface area contributed by atoms with E-state index in [0.29, 0.717) is 22.8 Å². The van der Waals surface area contributed by atoms with E-state index >= 15 is 0 Å². The number of hydrogen-bond acceptors (Lipinski definition) is 7. The average Bonchev–Trinajstić information content (AvgIpc) is 2.89. The van der Waals surface area contributed by atoms with E-state index in [1.54, 1.807) is 55.6 Å². The number of nitrogens with one attached hydrogen (secondary N) is 1. The third kappa shape index (κ3) is 5.15. The highest BCUT2D eigenvalue weighted by Gasteiger charge is 2.54. The van der Waals surface area contributed by atoms with Gasteiger partial charge in [-0.15, -0.1) is 23.4 Å². The van der Waals surface area contributed by atoms with Crippen molar-refractivity contribution in [1.82, 2.24) is 10.2 Å². The summed E-state index contributed by atoms with van der Waals surface area (Å²) in [5.74, 6) is 0.381. The van der Waals surface area contributed by atoms with Gasteiger partial charge in [0.2, 0.25) is 0 Å². The number of rotatable bonds is 9. The zero-order valence-corrected chi connectivity index (χ0v) is 19.9. The Morgan fingerprint density at radius 3 is 2.53 bits per heavy atom. The van der Waals surface area contributed by atoms with Crippen molar-refractivity contribution in [2.24, 2.45) is 0 Å². The van der Waals surface area contributed by atoms with Crippen molar-refractivity contribution in [3.05, 3.63) is 71.4 Å². The van der Waals surface area contributed by atoms with E-state index < -0.39 is 23.3 Å². The van der Waals surface area contributed by atoms with Crippen molar-refractivity contribution >= 4 is 41.1 Å². The van der Waals surface area contributed by atoms with Crippen LogP contribution in [0.25, 0.3) is 0 Å². The van der Waals surface area contributed by atoms with Gasteiger partial charge in [-0.2, -0.15) is 0 Å². The van der Waals surface area contributed by atoms with Gasteiger partial charge in [0, 0.05) is 11.6 Å². The molecule has 4 rings (SSSR count). The van der Waals surface area contributed by atoms with Crippen molar-refractivity contribution in [1.29, 1.82) is 0 Å². The van der Waals surface area contributed by atoms with E-state index in [0.717, 1.165) is 5.56 Å². The predicted molar refractivity (Wildman–Crippen MR) is 127 cm³/mol. The van der Waals surface area contributed by atoms with Crippen LogP contribution in [0.3, 0.4) is 0 Å². The number of β-lactam (4-membered cyclic amide) rings is 1. The SMILES string of the molecule is COc1ccc(COC(=O)C2=C(CCl)CS[C@@H]3[C@H](NC(=O)COc4ccccc4)C(=O)N23)cc1. The number of esters is 1. The fourth-order valence-electron chi connectivity index (χ4n) is 3.59. The molecule has 10 heteroatoms. The molecular formula is C24H23ClN2O6S. The van der Waals surface area contributed by atoms with Gasteiger partial charge in [-0.3, -0.25) is 14.5 Å². The van der Waals surface area contributed by atoms with Gasteiger partial charge >= 0.3 is 5.97 Å². The molecule has 1 fully saturated rings. The summed E-state index contributed by atoms with van der Waals surface area (Å²) in [4.78, 5) is 39.5. The van der Waals surface area contributed by atoms with Crippen molar-refractivity contribution in [2.75, 3.05) is 25.3 Å². The van der Waals surface area contributed by atoms with Crippen LogP contribution in [0.4, 0.5) is 0 Å². The highest BCUT2D eigenvalue weighted by atomic mass is 35.5. The number of alkyl halides is 1. The van der Waals surface area contributed by atoms with Crippen molar-refractivity contribution in [3.63, 3.8) is 0 Å². The molecular weight excluding hydrogens is 480 g/mol. The van der Waals surface area contributed by atoms with Crippen molar-refractivity contribution in [2.45, 2.75) is 18.0 Å². The molecule has 0 aliphatic carbocycles. The number of nitrogens with zero attached hydrogens (tertiary/aromatic N) is 1. The highest BCUT2D eigenvalue weighted by Crippen LogP contribution is 2.41. The standard InChI is InChI=1S/C24H23ClN2O6S/c1-31-17-9-7-15(8-10-17)12-33-24(30)21-16(11-25)14-34-23-20(22(29)27(21)23)26-19(28)13-32-18-5-3-2-4-6-18/h2-10,20,23H,11-14H2,1H3,(H,26,28)/t20-,23-/m1/s1. The Bertz CT molecular complexity index is 1090. The lowest BCUT2D eigenvalue weighted by Crippen LogP contribution is -2.71. The van der Waals surface area contributed by atoms with Crippen LogP contribution in [0.15, 0.2) is 65.9 Å². The van der Waals surface area contributed by atoms with E-state index in [1.807, 2.05) is 6.07 Å². The molecule has 1 N–H and O–H groups in total. The summed E-state index contributed by atoms with van der Waals surface area (Å²) in [7, 11) is 1.57. The second kappa shape index (κ2) is 10.8. The number of para-hydroxylation sites is 1. The third-order valence-corrected chi connectivity index (χ3v) is 7.02. The number of benzene rings is 2. The van der Waals surface area contributed by atoms with Gasteiger partial charge in [0.1, 0.15) is 35.2 Å². The Hall–Kier alpha value is -3.17. The maximum Gasteiger partial charge on any atom is 0.355 e. The van der Waals surface area contributed by atoms with Gasteiger partial charge in [0.25, 0.3) is 11.8 Å². The first kappa shape index (κ1) is 24.0. The molecule has 1 saturated heterocycles. The summed E-state index contributed by atoms with van der Waals surface area (Å²) >= 11 is 7.50. The smallest absolute Gasteiger partial charge is 0.355 e. The Balaban J connectivity index is 1.37. The summed E-state index contributed by atoms with van der Waals surface area (Å²) in [6, 6.07) is 15.3. The highest BCUT2D eigenvalue weighted by molar-refractivity contribution is 8.00. The van der Waals surface area contributed by atoms with Crippen LogP contribution in [0.2, 0.25) is 0 Å². The van der Waals surface area contributed by atoms with Gasteiger partial charge in [-0.1, -0.05) is 30.3 Å². The second-order valence-electron chi connectivity index (χ2n) is 7.57. The molecule has 0 unspecified atom stereocenters. The number of ether oxygens (including phenoxy) is 3. The minimum atomic E-state index is -0.752. The maximum absolute atomic E-state index is 12.9. The van der Waals surface area contributed by atoms with Gasteiger partial charge in [-0.25, -0.2) is 4.79 Å². The lowest BCUT2D eigenvalue weighted by molar-refractivity contribution is -0.153. The molecule has 34 heavy (non-hydrogen) atoms. The van der Waals surface area contributed by atoms with Gasteiger partial charge in [-0.05, 0) is 35.4 Å². The van der Waals surface area contributed by atoms with Crippen LogP contribution in [0.5, 0.6) is 11.5 Å². The van der Waals surface area contributed by atoms with Crippen LogP contribution >= 0.6 is 23.4 Å². The number of fused-ring (bicyclic) bond motifs is 1. The van der Waals surface area contributed by atoms with Crippen molar-refractivity contribution < 1.29 is 28.6 Å². The molecule has 0 radical (unpaired) electrons. The monoisotopic (exact) mass is 502 g/mol. The van der Waals surface area contributed by atoms with Gasteiger partial charge in [0.15, 0.2) is 6.61 Å². The minimum Gasteiger partial charge on any atom is -0.497 e. The molecule has 0 aromatic heterocycles. The van der Waals surface area contributed by atoms with E-state index in [9.17, 15) is 14.4 Å². The zero-order valence-electron chi connectivity index (χ0n) is 18.4. The largest absolute Gasteiger partial charge is 0.497 e. The topological polar surface area (TPSA) is 94.2 Å². The fraction of sp³-hybridized carbons (Fsp3) is 0.292. The van der Waals surface area contributed by atoms with E-state index in [-0.39, 0.29) is 30.7 Å². The average molecular weight is 503 g/mol. The van der Waals surface area contributed by atoms with Crippen molar-refractivity contribution in [3.8, 4) is 11.5 Å². The first-order valence-electron chi connectivity index (χ1n) is 10.5. The van der Waals surface area contributed by atoms with Gasteiger partial charge in [0.05, 0.1) is 7.11 Å². The number of halogens is 1.